The molecular weight excluding hydrogens is 352 g/mol. The average Bonchev–Trinajstić information content (AvgIpc) is 3.04. The Balaban J connectivity index is 1.51. The van der Waals surface area contributed by atoms with Crippen LogP contribution in [0, 0.1) is 0 Å². The minimum atomic E-state index is -0.277. The molecule has 0 atom stereocenters. The first-order chi connectivity index (χ1) is 13.6. The molecule has 138 valence electrons. The molecule has 0 fully saturated rings. The zero-order chi connectivity index (χ0) is 19.5. The van der Waals surface area contributed by atoms with Crippen molar-refractivity contribution in [2.45, 2.75) is 6.92 Å². The molecule has 0 saturated carbocycles. The van der Waals surface area contributed by atoms with Crippen molar-refractivity contribution in [3.63, 3.8) is 0 Å². The standard InChI is InChI=1S/C22H18N4O2/c1-14(27)24-16-5-4-6-17(11-16)25-22(28)10-9-15-12-19-18-7-2-3-8-20(18)26-21(19)13-23-15/h2-13,26H,1H3,(H,24,27)(H,25,28)/b10-9+. The highest BCUT2D eigenvalue weighted by Gasteiger charge is 2.05. The number of amides is 2. The van der Waals surface area contributed by atoms with Crippen molar-refractivity contribution in [2.24, 2.45) is 0 Å². The van der Waals surface area contributed by atoms with E-state index in [1.54, 1.807) is 36.5 Å². The lowest BCUT2D eigenvalue weighted by Crippen LogP contribution is -2.09. The lowest BCUT2D eigenvalue weighted by molar-refractivity contribution is -0.114. The molecule has 0 spiro atoms. The molecule has 0 bridgehead atoms. The lowest BCUT2D eigenvalue weighted by atomic mass is 10.1. The zero-order valence-electron chi connectivity index (χ0n) is 15.2. The minimum Gasteiger partial charge on any atom is -0.353 e. The Labute approximate surface area is 161 Å². The number of carbonyl (C=O) groups excluding carboxylic acids is 2. The number of aromatic nitrogens is 2. The second-order valence-electron chi connectivity index (χ2n) is 6.41. The van der Waals surface area contributed by atoms with Crippen LogP contribution in [-0.4, -0.2) is 21.8 Å². The average molecular weight is 370 g/mol. The normalized spacial score (nSPS) is 11.2. The van der Waals surface area contributed by atoms with E-state index in [0.717, 1.165) is 21.8 Å². The molecule has 4 rings (SSSR count). The molecule has 2 heterocycles. The number of nitrogens with zero attached hydrogens (tertiary/aromatic N) is 1. The van der Waals surface area contributed by atoms with Crippen molar-refractivity contribution in [1.29, 1.82) is 0 Å². The van der Waals surface area contributed by atoms with E-state index in [4.69, 9.17) is 0 Å². The van der Waals surface area contributed by atoms with Crippen LogP contribution < -0.4 is 10.6 Å². The molecule has 6 nitrogen and oxygen atoms in total. The monoisotopic (exact) mass is 370 g/mol. The number of nitrogens with one attached hydrogen (secondary N) is 3. The van der Waals surface area contributed by atoms with Gasteiger partial charge in [0.2, 0.25) is 11.8 Å². The minimum absolute atomic E-state index is 0.165. The molecule has 0 radical (unpaired) electrons. The van der Waals surface area contributed by atoms with Gasteiger partial charge < -0.3 is 15.6 Å². The predicted octanol–water partition coefficient (Wildman–Crippen LogP) is 4.33. The summed E-state index contributed by atoms with van der Waals surface area (Å²) in [7, 11) is 0. The van der Waals surface area contributed by atoms with Gasteiger partial charge in [-0.15, -0.1) is 0 Å². The van der Waals surface area contributed by atoms with Crippen LogP contribution >= 0.6 is 0 Å². The van der Waals surface area contributed by atoms with Gasteiger partial charge in [0.1, 0.15) is 0 Å². The number of pyridine rings is 1. The largest absolute Gasteiger partial charge is 0.353 e. The molecule has 2 amide bonds. The van der Waals surface area contributed by atoms with Gasteiger partial charge in [-0.25, -0.2) is 0 Å². The number of hydrogen-bond acceptors (Lipinski definition) is 3. The summed E-state index contributed by atoms with van der Waals surface area (Å²) in [5.41, 5.74) is 3.93. The third-order valence-electron chi connectivity index (χ3n) is 4.27. The highest BCUT2D eigenvalue weighted by molar-refractivity contribution is 6.08. The Morgan fingerprint density at radius 3 is 2.54 bits per heavy atom. The molecule has 6 heteroatoms. The predicted molar refractivity (Wildman–Crippen MR) is 112 cm³/mol. The van der Waals surface area contributed by atoms with E-state index >= 15 is 0 Å². The van der Waals surface area contributed by atoms with Gasteiger partial charge in [-0.2, -0.15) is 0 Å². The molecule has 4 aromatic rings. The van der Waals surface area contributed by atoms with Crippen molar-refractivity contribution in [3.05, 3.63) is 72.6 Å². The summed E-state index contributed by atoms with van der Waals surface area (Å²) in [6, 6.07) is 17.0. The van der Waals surface area contributed by atoms with Crippen LogP contribution in [-0.2, 0) is 9.59 Å². The van der Waals surface area contributed by atoms with Gasteiger partial charge in [0.15, 0.2) is 0 Å². The number of para-hydroxylation sites is 1. The maximum atomic E-state index is 12.2. The van der Waals surface area contributed by atoms with Crippen LogP contribution in [0.1, 0.15) is 12.6 Å². The van der Waals surface area contributed by atoms with Gasteiger partial charge in [0, 0.05) is 40.7 Å². The van der Waals surface area contributed by atoms with E-state index in [2.05, 4.69) is 26.7 Å². The summed E-state index contributed by atoms with van der Waals surface area (Å²) < 4.78 is 0. The molecule has 2 aromatic carbocycles. The first kappa shape index (κ1) is 17.5. The van der Waals surface area contributed by atoms with Crippen molar-refractivity contribution >= 4 is 51.1 Å². The van der Waals surface area contributed by atoms with Crippen LogP contribution in [0.15, 0.2) is 66.9 Å². The molecule has 28 heavy (non-hydrogen) atoms. The first-order valence-corrected chi connectivity index (χ1v) is 8.82. The Morgan fingerprint density at radius 1 is 0.929 bits per heavy atom. The van der Waals surface area contributed by atoms with Crippen molar-refractivity contribution in [3.8, 4) is 0 Å². The number of carbonyl (C=O) groups is 2. The van der Waals surface area contributed by atoms with Crippen LogP contribution in [0.4, 0.5) is 11.4 Å². The fourth-order valence-electron chi connectivity index (χ4n) is 3.08. The molecule has 0 aliphatic heterocycles. The van der Waals surface area contributed by atoms with E-state index in [9.17, 15) is 9.59 Å². The van der Waals surface area contributed by atoms with Crippen LogP contribution in [0.25, 0.3) is 27.9 Å². The molecule has 0 aliphatic carbocycles. The molecule has 0 saturated heterocycles. The molecular formula is C22H18N4O2. The number of rotatable bonds is 4. The summed E-state index contributed by atoms with van der Waals surface area (Å²) in [5.74, 6) is -0.442. The van der Waals surface area contributed by atoms with Crippen LogP contribution in [0.5, 0.6) is 0 Å². The van der Waals surface area contributed by atoms with Crippen molar-refractivity contribution < 1.29 is 9.59 Å². The number of benzene rings is 2. The third kappa shape index (κ3) is 3.76. The van der Waals surface area contributed by atoms with E-state index in [1.165, 1.54) is 13.0 Å². The van der Waals surface area contributed by atoms with Crippen LogP contribution in [0.2, 0.25) is 0 Å². The van der Waals surface area contributed by atoms with Gasteiger partial charge >= 0.3 is 0 Å². The van der Waals surface area contributed by atoms with E-state index in [1.807, 2.05) is 24.3 Å². The summed E-state index contributed by atoms with van der Waals surface area (Å²) in [6.07, 6.45) is 4.88. The van der Waals surface area contributed by atoms with Crippen LogP contribution in [0.3, 0.4) is 0 Å². The second-order valence-corrected chi connectivity index (χ2v) is 6.41. The summed E-state index contributed by atoms with van der Waals surface area (Å²) in [4.78, 5) is 31.1. The molecule has 2 aromatic heterocycles. The van der Waals surface area contributed by atoms with Gasteiger partial charge in [-0.3, -0.25) is 14.6 Å². The fourth-order valence-corrected chi connectivity index (χ4v) is 3.08. The Bertz CT molecular complexity index is 1220. The first-order valence-electron chi connectivity index (χ1n) is 8.82. The number of H-pyrrole nitrogens is 1. The second kappa shape index (κ2) is 7.36. The molecule has 0 aliphatic rings. The van der Waals surface area contributed by atoms with E-state index < -0.39 is 0 Å². The Morgan fingerprint density at radius 2 is 1.71 bits per heavy atom. The Hall–Kier alpha value is -3.93. The van der Waals surface area contributed by atoms with E-state index in [-0.39, 0.29) is 11.8 Å². The number of anilines is 2. The summed E-state index contributed by atoms with van der Waals surface area (Å²) >= 11 is 0. The van der Waals surface area contributed by atoms with Gasteiger partial charge in [-0.05, 0) is 36.4 Å². The number of aromatic amines is 1. The fraction of sp³-hybridized carbons (Fsp3) is 0.0455. The quantitative estimate of drug-likeness (QED) is 0.467. The number of fused-ring (bicyclic) bond motifs is 3. The lowest BCUT2D eigenvalue weighted by Gasteiger charge is -2.06. The van der Waals surface area contributed by atoms with E-state index in [0.29, 0.717) is 17.1 Å². The zero-order valence-corrected chi connectivity index (χ0v) is 15.2. The molecule has 3 N–H and O–H groups in total. The highest BCUT2D eigenvalue weighted by atomic mass is 16.2. The van der Waals surface area contributed by atoms with Gasteiger partial charge in [0.25, 0.3) is 0 Å². The van der Waals surface area contributed by atoms with Crippen molar-refractivity contribution in [2.75, 3.05) is 10.6 Å². The van der Waals surface area contributed by atoms with Crippen molar-refractivity contribution in [1.82, 2.24) is 9.97 Å². The molecule has 0 unspecified atom stereocenters. The third-order valence-corrected chi connectivity index (χ3v) is 4.27. The summed E-state index contributed by atoms with van der Waals surface area (Å²) in [6.45, 7) is 1.44. The summed E-state index contributed by atoms with van der Waals surface area (Å²) in [5, 5.41) is 7.64. The van der Waals surface area contributed by atoms with Gasteiger partial charge in [-0.1, -0.05) is 24.3 Å². The SMILES string of the molecule is CC(=O)Nc1cccc(NC(=O)/C=C/c2cc3c(cn2)[nH]c2ccccc23)c1. The maximum absolute atomic E-state index is 12.2. The number of hydrogen-bond donors (Lipinski definition) is 3. The maximum Gasteiger partial charge on any atom is 0.248 e. The smallest absolute Gasteiger partial charge is 0.248 e. The Kier molecular flexibility index (Phi) is 4.60. The van der Waals surface area contributed by atoms with Gasteiger partial charge in [0.05, 0.1) is 17.4 Å². The highest BCUT2D eigenvalue weighted by Crippen LogP contribution is 2.25. The topological polar surface area (TPSA) is 86.9 Å².